The maximum Gasteiger partial charge on any atom is -0.00130 e. The Hall–Kier alpha value is -4.94. The number of allylic oxidation sites excluding steroid dienone is 2. The Labute approximate surface area is 244 Å². The second-order valence-corrected chi connectivity index (χ2v) is 12.9. The second kappa shape index (κ2) is 7.46. The fraction of sp³-hybridized carbons (Fsp3) is 0.0952. The van der Waals surface area contributed by atoms with Gasteiger partial charge in [0, 0.05) is 0 Å². The van der Waals surface area contributed by atoms with Gasteiger partial charge in [-0.2, -0.15) is 0 Å². The fourth-order valence-electron chi connectivity index (χ4n) is 8.40. The Morgan fingerprint density at radius 1 is 0.286 bits per heavy atom. The first-order chi connectivity index (χ1) is 20.7. The Morgan fingerprint density at radius 2 is 0.619 bits per heavy atom. The molecule has 11 rings (SSSR count). The van der Waals surface area contributed by atoms with E-state index in [1.165, 1.54) is 110 Å². The van der Waals surface area contributed by atoms with Gasteiger partial charge < -0.3 is 0 Å². The molecule has 0 saturated heterocycles. The van der Waals surface area contributed by atoms with Crippen LogP contribution in [0.4, 0.5) is 0 Å². The molecule has 0 heteroatoms. The lowest BCUT2D eigenvalue weighted by atomic mass is 9.94. The van der Waals surface area contributed by atoms with Gasteiger partial charge in [0.25, 0.3) is 0 Å². The standard InChI is InChI=1S/C42H26/c1-3-23-7-27-11-31-15-35-17-37-22-42-38(21-41(37)39(35)19-33(31)13-29(27)9-25(23)5-1)18-36-16-32-12-28-8-24-4-2-6-26(24)10-30(28)14-34(32)20-40(36)42/h1-2,5-16,19-22H,3-4,17-18H2. The van der Waals surface area contributed by atoms with Crippen LogP contribution in [0.1, 0.15) is 44.5 Å². The smallest absolute Gasteiger partial charge is 0.00130 e. The minimum atomic E-state index is 1.02. The molecule has 0 spiro atoms. The van der Waals surface area contributed by atoms with E-state index in [4.69, 9.17) is 0 Å². The van der Waals surface area contributed by atoms with Gasteiger partial charge in [-0.1, -0.05) is 48.6 Å². The first kappa shape index (κ1) is 21.8. The van der Waals surface area contributed by atoms with Gasteiger partial charge in [-0.25, -0.2) is 0 Å². The zero-order valence-corrected chi connectivity index (χ0v) is 23.2. The van der Waals surface area contributed by atoms with Crippen LogP contribution >= 0.6 is 0 Å². The second-order valence-electron chi connectivity index (χ2n) is 12.9. The summed E-state index contributed by atoms with van der Waals surface area (Å²) in [6.07, 6.45) is 13.2. The number of fused-ring (bicyclic) bond motifs is 12. The molecule has 0 heterocycles. The fourth-order valence-corrected chi connectivity index (χ4v) is 8.40. The van der Waals surface area contributed by atoms with E-state index in [1.807, 2.05) is 0 Å². The molecule has 4 aliphatic rings. The van der Waals surface area contributed by atoms with Crippen LogP contribution in [0.2, 0.25) is 0 Å². The largest absolute Gasteiger partial charge is 0.0795 e. The van der Waals surface area contributed by atoms with E-state index >= 15 is 0 Å². The summed E-state index contributed by atoms with van der Waals surface area (Å²) in [5.74, 6) is 0. The normalized spacial score (nSPS) is 15.0. The number of benzene rings is 7. The van der Waals surface area contributed by atoms with E-state index in [9.17, 15) is 0 Å². The first-order valence-electron chi connectivity index (χ1n) is 15.3. The van der Waals surface area contributed by atoms with Gasteiger partial charge in [0.1, 0.15) is 0 Å². The predicted molar refractivity (Wildman–Crippen MR) is 178 cm³/mol. The Balaban J connectivity index is 1.04. The summed E-state index contributed by atoms with van der Waals surface area (Å²) in [6, 6.07) is 34.0. The monoisotopic (exact) mass is 530 g/mol. The minimum Gasteiger partial charge on any atom is -0.0795 e. The van der Waals surface area contributed by atoms with Gasteiger partial charge in [-0.15, -0.1) is 0 Å². The molecule has 0 N–H and O–H groups in total. The first-order valence-corrected chi connectivity index (χ1v) is 15.3. The van der Waals surface area contributed by atoms with Crippen molar-refractivity contribution in [2.24, 2.45) is 0 Å². The third-order valence-electron chi connectivity index (χ3n) is 10.5. The van der Waals surface area contributed by atoms with E-state index < -0.39 is 0 Å². The van der Waals surface area contributed by atoms with Gasteiger partial charge in [0.2, 0.25) is 0 Å². The highest BCUT2D eigenvalue weighted by Gasteiger charge is 2.26. The molecule has 7 aromatic rings. The van der Waals surface area contributed by atoms with E-state index in [0.717, 1.165) is 25.7 Å². The molecule has 194 valence electrons. The minimum absolute atomic E-state index is 1.02. The van der Waals surface area contributed by atoms with Crippen molar-refractivity contribution in [2.75, 3.05) is 0 Å². The van der Waals surface area contributed by atoms with Crippen molar-refractivity contribution < 1.29 is 0 Å². The van der Waals surface area contributed by atoms with Crippen molar-refractivity contribution in [1.82, 2.24) is 0 Å². The highest BCUT2D eigenvalue weighted by molar-refractivity contribution is 6.04. The Morgan fingerprint density at radius 3 is 1.07 bits per heavy atom. The zero-order chi connectivity index (χ0) is 27.1. The Kier molecular flexibility index (Phi) is 3.87. The van der Waals surface area contributed by atoms with Crippen molar-refractivity contribution in [3.05, 3.63) is 142 Å². The van der Waals surface area contributed by atoms with Crippen molar-refractivity contribution in [2.45, 2.75) is 25.7 Å². The Bertz CT molecular complexity index is 2320. The van der Waals surface area contributed by atoms with Crippen LogP contribution < -0.4 is 0 Å². The molecule has 0 aromatic heterocycles. The van der Waals surface area contributed by atoms with Crippen LogP contribution in [0.3, 0.4) is 0 Å². The van der Waals surface area contributed by atoms with Gasteiger partial charge in [-0.05, 0) is 196 Å². The maximum atomic E-state index is 2.51. The van der Waals surface area contributed by atoms with Crippen LogP contribution in [-0.4, -0.2) is 0 Å². The molecule has 0 radical (unpaired) electrons. The van der Waals surface area contributed by atoms with Crippen molar-refractivity contribution in [1.29, 1.82) is 0 Å². The van der Waals surface area contributed by atoms with Crippen LogP contribution in [0.5, 0.6) is 0 Å². The SMILES string of the molecule is C1=Cc2cc3cc4cc5c(cc4cc3cc2C1)Cc1cc2c(cc1-5)Cc1cc3cc4cc5c(cc4cc3cc1-2)C=CC5. The molecule has 0 atom stereocenters. The van der Waals surface area contributed by atoms with Crippen LogP contribution in [0.15, 0.2) is 97.1 Å². The van der Waals surface area contributed by atoms with E-state index in [2.05, 4.69) is 109 Å². The molecule has 0 bridgehead atoms. The summed E-state index contributed by atoms with van der Waals surface area (Å²) >= 11 is 0. The number of rotatable bonds is 0. The number of hydrogen-bond acceptors (Lipinski definition) is 0. The summed E-state index contributed by atoms with van der Waals surface area (Å²) < 4.78 is 0. The van der Waals surface area contributed by atoms with Gasteiger partial charge in [-0.3, -0.25) is 0 Å². The highest BCUT2D eigenvalue weighted by Crippen LogP contribution is 2.47. The van der Waals surface area contributed by atoms with Gasteiger partial charge in [0.05, 0.1) is 0 Å². The van der Waals surface area contributed by atoms with Gasteiger partial charge in [0.15, 0.2) is 0 Å². The van der Waals surface area contributed by atoms with Gasteiger partial charge >= 0.3 is 0 Å². The van der Waals surface area contributed by atoms with Crippen molar-refractivity contribution in [3.63, 3.8) is 0 Å². The summed E-state index contributed by atoms with van der Waals surface area (Å²) in [5.41, 5.74) is 17.3. The maximum absolute atomic E-state index is 2.51. The molecule has 42 heavy (non-hydrogen) atoms. The lowest BCUT2D eigenvalue weighted by Crippen LogP contribution is -1.86. The summed E-state index contributed by atoms with van der Waals surface area (Å²) in [5, 5.41) is 10.8. The van der Waals surface area contributed by atoms with Crippen molar-refractivity contribution in [3.8, 4) is 22.3 Å². The molecular formula is C42H26. The lowest BCUT2D eigenvalue weighted by molar-refractivity contribution is 1.24. The van der Waals surface area contributed by atoms with E-state index in [-0.39, 0.29) is 0 Å². The predicted octanol–water partition coefficient (Wildman–Crippen LogP) is 10.6. The van der Waals surface area contributed by atoms with Crippen LogP contribution in [0, 0.1) is 0 Å². The summed E-state index contributed by atoms with van der Waals surface area (Å²) in [6.45, 7) is 0. The van der Waals surface area contributed by atoms with E-state index in [0.29, 0.717) is 0 Å². The van der Waals surface area contributed by atoms with E-state index in [1.54, 1.807) is 0 Å². The topological polar surface area (TPSA) is 0 Å². The van der Waals surface area contributed by atoms with Crippen molar-refractivity contribution >= 4 is 55.2 Å². The molecule has 0 unspecified atom stereocenters. The third-order valence-corrected chi connectivity index (χ3v) is 10.5. The molecule has 4 aliphatic carbocycles. The zero-order valence-electron chi connectivity index (χ0n) is 23.2. The molecule has 0 nitrogen and oxygen atoms in total. The quantitative estimate of drug-likeness (QED) is 0.171. The summed E-state index contributed by atoms with van der Waals surface area (Å²) in [4.78, 5) is 0. The average molecular weight is 531 g/mol. The molecular weight excluding hydrogens is 504 g/mol. The summed E-state index contributed by atoms with van der Waals surface area (Å²) in [7, 11) is 0. The van der Waals surface area contributed by atoms with Crippen LogP contribution in [0.25, 0.3) is 77.5 Å². The molecule has 0 amide bonds. The van der Waals surface area contributed by atoms with Crippen LogP contribution in [-0.2, 0) is 25.7 Å². The average Bonchev–Trinajstić information content (AvgIpc) is 3.78. The third kappa shape index (κ3) is 2.87. The number of hydrogen-bond donors (Lipinski definition) is 0. The highest BCUT2D eigenvalue weighted by atomic mass is 14.3. The molecule has 0 saturated carbocycles. The lowest BCUT2D eigenvalue weighted by Gasteiger charge is -2.10. The molecule has 0 aliphatic heterocycles. The molecule has 0 fully saturated rings. The molecule has 7 aromatic carbocycles.